The molecule has 1 atom stereocenters. The van der Waals surface area contributed by atoms with Gasteiger partial charge in [-0.25, -0.2) is 0 Å². The van der Waals surface area contributed by atoms with E-state index in [9.17, 15) is 4.79 Å². The van der Waals surface area contributed by atoms with E-state index in [1.54, 1.807) is 25.3 Å². The van der Waals surface area contributed by atoms with Crippen LogP contribution in [-0.2, 0) is 4.79 Å². The fraction of sp³-hybridized carbons (Fsp3) is 0.150. The molecule has 0 bridgehead atoms. The van der Waals surface area contributed by atoms with Crippen LogP contribution in [0.15, 0.2) is 59.8 Å². The van der Waals surface area contributed by atoms with Gasteiger partial charge in [0, 0.05) is 5.02 Å². The third kappa shape index (κ3) is 3.50. The number of carbonyl (C=O) groups excluding carboxylic acids is 1. The predicted molar refractivity (Wildman–Crippen MR) is 112 cm³/mol. The number of para-hydroxylation sites is 1. The number of hydrogen-bond acceptors (Lipinski definition) is 5. The molecule has 1 amide bonds. The van der Waals surface area contributed by atoms with Crippen LogP contribution in [0.25, 0.3) is 16.6 Å². The average molecular weight is 413 g/mol. The number of amides is 1. The van der Waals surface area contributed by atoms with Gasteiger partial charge in [-0.15, -0.1) is 10.2 Å². The molecule has 0 aliphatic carbocycles. The van der Waals surface area contributed by atoms with Crippen molar-refractivity contribution in [3.8, 4) is 5.75 Å². The van der Waals surface area contributed by atoms with Gasteiger partial charge in [0.05, 0.1) is 23.6 Å². The highest BCUT2D eigenvalue weighted by atomic mass is 35.5. The highest BCUT2D eigenvalue weighted by molar-refractivity contribution is 8.00. The first-order valence-corrected chi connectivity index (χ1v) is 9.86. The molecule has 2 heterocycles. The number of methoxy groups -OCH3 is 1. The van der Waals surface area contributed by atoms with E-state index in [0.29, 0.717) is 21.6 Å². The lowest BCUT2D eigenvalue weighted by Crippen LogP contribution is -2.23. The maximum Gasteiger partial charge on any atom is 0.237 e. The molecule has 0 saturated heterocycles. The van der Waals surface area contributed by atoms with Crippen molar-refractivity contribution < 1.29 is 9.53 Å². The summed E-state index contributed by atoms with van der Waals surface area (Å²) in [5.41, 5.74) is 2.27. The van der Waals surface area contributed by atoms with Crippen LogP contribution in [0, 0.1) is 0 Å². The maximum absolute atomic E-state index is 12.7. The Morgan fingerprint density at radius 3 is 2.82 bits per heavy atom. The zero-order valence-corrected chi connectivity index (χ0v) is 16.8. The van der Waals surface area contributed by atoms with E-state index >= 15 is 0 Å². The van der Waals surface area contributed by atoms with Gasteiger partial charge in [-0.1, -0.05) is 41.6 Å². The molecule has 0 radical (unpaired) electrons. The zero-order valence-electron chi connectivity index (χ0n) is 15.2. The van der Waals surface area contributed by atoms with Crippen LogP contribution in [0.4, 0.5) is 5.69 Å². The van der Waals surface area contributed by atoms with E-state index in [2.05, 4.69) is 15.5 Å². The quantitative estimate of drug-likeness (QED) is 0.482. The van der Waals surface area contributed by atoms with Gasteiger partial charge in [0.25, 0.3) is 0 Å². The minimum Gasteiger partial charge on any atom is -0.495 e. The van der Waals surface area contributed by atoms with E-state index in [-0.39, 0.29) is 5.91 Å². The largest absolute Gasteiger partial charge is 0.495 e. The SMILES string of the molecule is COc1ccc(Cl)cc1NC(=O)[C@@H](C)Sc1nnc2ccc3ccccc3n12. The van der Waals surface area contributed by atoms with Crippen molar-refractivity contribution >= 4 is 51.5 Å². The summed E-state index contributed by atoms with van der Waals surface area (Å²) in [5, 5.41) is 13.2. The average Bonchev–Trinajstić information content (AvgIpc) is 3.11. The van der Waals surface area contributed by atoms with Crippen LogP contribution in [0.5, 0.6) is 5.75 Å². The van der Waals surface area contributed by atoms with Crippen molar-refractivity contribution in [3.63, 3.8) is 0 Å². The Balaban J connectivity index is 1.60. The van der Waals surface area contributed by atoms with E-state index in [1.807, 2.05) is 47.7 Å². The van der Waals surface area contributed by atoms with Gasteiger partial charge in [0.2, 0.25) is 5.91 Å². The number of nitrogens with one attached hydrogen (secondary N) is 1. The third-order valence-corrected chi connectivity index (χ3v) is 5.60. The van der Waals surface area contributed by atoms with Gasteiger partial charge >= 0.3 is 0 Å². The van der Waals surface area contributed by atoms with Crippen LogP contribution in [0.3, 0.4) is 0 Å². The van der Waals surface area contributed by atoms with Crippen LogP contribution < -0.4 is 10.1 Å². The summed E-state index contributed by atoms with van der Waals surface area (Å²) >= 11 is 7.38. The van der Waals surface area contributed by atoms with Crippen LogP contribution in [0.1, 0.15) is 6.92 Å². The van der Waals surface area contributed by atoms with Crippen LogP contribution in [0.2, 0.25) is 5.02 Å². The summed E-state index contributed by atoms with van der Waals surface area (Å²) in [5.74, 6) is 0.372. The topological polar surface area (TPSA) is 68.5 Å². The lowest BCUT2D eigenvalue weighted by atomic mass is 10.2. The monoisotopic (exact) mass is 412 g/mol. The third-order valence-electron chi connectivity index (χ3n) is 4.32. The smallest absolute Gasteiger partial charge is 0.237 e. The molecule has 0 unspecified atom stereocenters. The minimum absolute atomic E-state index is 0.178. The number of hydrogen-bond donors (Lipinski definition) is 1. The second-order valence-electron chi connectivity index (χ2n) is 6.16. The van der Waals surface area contributed by atoms with Crippen molar-refractivity contribution in [2.45, 2.75) is 17.3 Å². The summed E-state index contributed by atoms with van der Waals surface area (Å²) in [6, 6.07) is 17.0. The fourth-order valence-electron chi connectivity index (χ4n) is 2.91. The maximum atomic E-state index is 12.7. The van der Waals surface area contributed by atoms with Crippen molar-refractivity contribution in [1.82, 2.24) is 14.6 Å². The van der Waals surface area contributed by atoms with E-state index in [0.717, 1.165) is 16.6 Å². The second-order valence-corrected chi connectivity index (χ2v) is 7.91. The molecule has 28 heavy (non-hydrogen) atoms. The molecule has 0 aliphatic rings. The van der Waals surface area contributed by atoms with Crippen molar-refractivity contribution in [3.05, 3.63) is 59.6 Å². The predicted octanol–water partition coefficient (Wildman–Crippen LogP) is 4.66. The Hall–Kier alpha value is -2.77. The number of ether oxygens (including phenoxy) is 1. The molecule has 1 N–H and O–H groups in total. The summed E-state index contributed by atoms with van der Waals surface area (Å²) in [4.78, 5) is 12.7. The highest BCUT2D eigenvalue weighted by Gasteiger charge is 2.20. The van der Waals surface area contributed by atoms with Gasteiger partial charge in [-0.3, -0.25) is 9.20 Å². The molecule has 4 aromatic rings. The summed E-state index contributed by atoms with van der Waals surface area (Å²) in [7, 11) is 1.55. The number of carbonyl (C=O) groups is 1. The number of halogens is 1. The van der Waals surface area contributed by atoms with E-state index in [4.69, 9.17) is 16.3 Å². The van der Waals surface area contributed by atoms with Crippen LogP contribution in [-0.4, -0.2) is 32.9 Å². The molecule has 0 fully saturated rings. The Bertz CT molecular complexity index is 1180. The van der Waals surface area contributed by atoms with Gasteiger partial charge in [0.15, 0.2) is 10.8 Å². The first-order valence-electron chi connectivity index (χ1n) is 8.61. The minimum atomic E-state index is -0.407. The van der Waals surface area contributed by atoms with Gasteiger partial charge in [-0.2, -0.15) is 0 Å². The molecular weight excluding hydrogens is 396 g/mol. The Morgan fingerprint density at radius 1 is 1.18 bits per heavy atom. The number of aromatic nitrogens is 3. The molecule has 2 aromatic carbocycles. The molecule has 142 valence electrons. The number of nitrogens with zero attached hydrogens (tertiary/aromatic N) is 3. The fourth-order valence-corrected chi connectivity index (χ4v) is 3.95. The summed E-state index contributed by atoms with van der Waals surface area (Å²) in [6.07, 6.45) is 0. The number of pyridine rings is 1. The Morgan fingerprint density at radius 2 is 2.00 bits per heavy atom. The standard InChI is InChI=1S/C20H17ClN4O2S/c1-12(19(26)22-15-11-14(21)8-9-17(15)27-2)28-20-24-23-18-10-7-13-5-3-4-6-16(13)25(18)20/h3-12H,1-2H3,(H,22,26)/t12-/m1/s1. The lowest BCUT2D eigenvalue weighted by molar-refractivity contribution is -0.115. The van der Waals surface area contributed by atoms with Gasteiger partial charge < -0.3 is 10.1 Å². The number of rotatable bonds is 5. The van der Waals surface area contributed by atoms with E-state index in [1.165, 1.54) is 11.8 Å². The van der Waals surface area contributed by atoms with E-state index < -0.39 is 5.25 Å². The molecule has 0 aliphatic heterocycles. The van der Waals surface area contributed by atoms with Crippen molar-refractivity contribution in [2.24, 2.45) is 0 Å². The lowest BCUT2D eigenvalue weighted by Gasteiger charge is -2.14. The Labute approximate surface area is 170 Å². The van der Waals surface area contributed by atoms with Crippen molar-refractivity contribution in [1.29, 1.82) is 0 Å². The summed E-state index contributed by atoms with van der Waals surface area (Å²) in [6.45, 7) is 1.82. The molecule has 0 spiro atoms. The number of anilines is 1. The number of thioether (sulfide) groups is 1. The number of fused-ring (bicyclic) bond motifs is 3. The second kappa shape index (κ2) is 7.69. The molecule has 8 heteroatoms. The normalized spacial score (nSPS) is 12.2. The zero-order chi connectivity index (χ0) is 19.7. The highest BCUT2D eigenvalue weighted by Crippen LogP contribution is 2.30. The summed E-state index contributed by atoms with van der Waals surface area (Å²) < 4.78 is 7.25. The van der Waals surface area contributed by atoms with Crippen molar-refractivity contribution in [2.75, 3.05) is 12.4 Å². The van der Waals surface area contributed by atoms with Crippen LogP contribution >= 0.6 is 23.4 Å². The molecule has 6 nitrogen and oxygen atoms in total. The number of benzene rings is 2. The Kier molecular flexibility index (Phi) is 5.11. The first-order chi connectivity index (χ1) is 13.6. The first kappa shape index (κ1) is 18.6. The van der Waals surface area contributed by atoms with Gasteiger partial charge in [0.1, 0.15) is 5.75 Å². The molecule has 4 rings (SSSR count). The molecular formula is C20H17ClN4O2S. The molecule has 2 aromatic heterocycles. The molecule has 0 saturated carbocycles. The van der Waals surface area contributed by atoms with Gasteiger partial charge in [-0.05, 0) is 48.7 Å².